The number of halogens is 1. The van der Waals surface area contributed by atoms with E-state index in [0.29, 0.717) is 24.4 Å². The molecule has 4 nitrogen and oxygen atoms in total. The van der Waals surface area contributed by atoms with Crippen molar-refractivity contribution >= 4 is 5.91 Å². The van der Waals surface area contributed by atoms with Crippen molar-refractivity contribution in [1.82, 2.24) is 10.2 Å². The Hall–Kier alpha value is -1.93. The van der Waals surface area contributed by atoms with Gasteiger partial charge in [0.25, 0.3) is 0 Å². The van der Waals surface area contributed by atoms with Crippen LogP contribution >= 0.6 is 0 Å². The highest BCUT2D eigenvalue weighted by molar-refractivity contribution is 5.77. The molecule has 2 atom stereocenters. The number of benzene rings is 1. The molecule has 0 radical (unpaired) electrons. The van der Waals surface area contributed by atoms with Gasteiger partial charge in [-0.1, -0.05) is 0 Å². The van der Waals surface area contributed by atoms with Crippen molar-refractivity contribution in [1.29, 1.82) is 5.26 Å². The number of fused-ring (bicyclic) bond motifs is 1. The number of carbonyl (C=O) groups is 1. The monoisotopic (exact) mass is 287 g/mol. The van der Waals surface area contributed by atoms with Crippen LogP contribution in [0.25, 0.3) is 0 Å². The molecule has 5 heteroatoms. The molecule has 2 unspecified atom stereocenters. The summed E-state index contributed by atoms with van der Waals surface area (Å²) in [7, 11) is 0. The Bertz CT molecular complexity index is 596. The first-order valence-corrected chi connectivity index (χ1v) is 7.36. The van der Waals surface area contributed by atoms with E-state index in [-0.39, 0.29) is 17.8 Å². The summed E-state index contributed by atoms with van der Waals surface area (Å²) in [5.41, 5.74) is 1.28. The quantitative estimate of drug-likeness (QED) is 0.902. The molecule has 2 aliphatic heterocycles. The summed E-state index contributed by atoms with van der Waals surface area (Å²) in [5.74, 6) is 0.320. The van der Waals surface area contributed by atoms with Crippen LogP contribution in [0.15, 0.2) is 18.2 Å². The smallest absolute Gasteiger partial charge is 0.220 e. The third kappa shape index (κ3) is 3.06. The standard InChI is InChI=1S/C16H18FN3O/c17-14-3-1-11(8-18)13(7-14)10-20-6-5-15-12(9-20)2-4-16(21)19-15/h1,3,7,12,15H,2,4-6,9-10H2,(H,19,21). The lowest BCUT2D eigenvalue weighted by molar-refractivity contribution is -0.125. The third-order valence-corrected chi connectivity index (χ3v) is 4.49. The van der Waals surface area contributed by atoms with Gasteiger partial charge in [-0.05, 0) is 42.5 Å². The van der Waals surface area contributed by atoms with E-state index in [1.807, 2.05) is 0 Å². The average Bonchev–Trinajstić information content (AvgIpc) is 2.48. The number of hydrogen-bond donors (Lipinski definition) is 1. The lowest BCUT2D eigenvalue weighted by atomic mass is 9.85. The van der Waals surface area contributed by atoms with Crippen molar-refractivity contribution in [2.24, 2.45) is 5.92 Å². The van der Waals surface area contributed by atoms with Gasteiger partial charge in [0, 0.05) is 32.1 Å². The number of hydrogen-bond acceptors (Lipinski definition) is 3. The average molecular weight is 287 g/mol. The van der Waals surface area contributed by atoms with Gasteiger partial charge in [-0.15, -0.1) is 0 Å². The molecule has 1 aromatic carbocycles. The summed E-state index contributed by atoms with van der Waals surface area (Å²) in [6.07, 6.45) is 2.44. The Morgan fingerprint density at radius 1 is 1.43 bits per heavy atom. The van der Waals surface area contributed by atoms with Gasteiger partial charge in [0.2, 0.25) is 5.91 Å². The maximum absolute atomic E-state index is 13.4. The van der Waals surface area contributed by atoms with Gasteiger partial charge in [-0.25, -0.2) is 4.39 Å². The maximum Gasteiger partial charge on any atom is 0.220 e. The van der Waals surface area contributed by atoms with Crippen LogP contribution in [0, 0.1) is 23.1 Å². The van der Waals surface area contributed by atoms with Crippen LogP contribution in [0.2, 0.25) is 0 Å². The van der Waals surface area contributed by atoms with Crippen molar-refractivity contribution in [3.63, 3.8) is 0 Å². The first kappa shape index (κ1) is 14.0. The predicted octanol–water partition coefficient (Wildman–Crippen LogP) is 1.80. The number of nitriles is 1. The zero-order chi connectivity index (χ0) is 14.8. The molecule has 110 valence electrons. The minimum absolute atomic E-state index is 0.154. The summed E-state index contributed by atoms with van der Waals surface area (Å²) in [4.78, 5) is 13.7. The van der Waals surface area contributed by atoms with Gasteiger partial charge >= 0.3 is 0 Å². The Labute approximate surface area is 123 Å². The normalized spacial score (nSPS) is 25.8. The molecule has 2 fully saturated rings. The largest absolute Gasteiger partial charge is 0.353 e. The summed E-state index contributed by atoms with van der Waals surface area (Å²) in [6, 6.07) is 6.72. The van der Waals surface area contributed by atoms with Crippen LogP contribution in [0.4, 0.5) is 4.39 Å². The molecule has 1 aromatic rings. The first-order valence-electron chi connectivity index (χ1n) is 7.36. The number of carbonyl (C=O) groups excluding carboxylic acids is 1. The zero-order valence-electron chi connectivity index (χ0n) is 11.8. The molecule has 3 rings (SSSR count). The minimum Gasteiger partial charge on any atom is -0.353 e. The number of nitrogens with zero attached hydrogens (tertiary/aromatic N) is 2. The fourth-order valence-electron chi connectivity index (χ4n) is 3.37. The molecule has 2 aliphatic rings. The Kier molecular flexibility index (Phi) is 3.89. The van der Waals surface area contributed by atoms with E-state index in [9.17, 15) is 9.18 Å². The van der Waals surface area contributed by atoms with E-state index in [2.05, 4.69) is 16.3 Å². The zero-order valence-corrected chi connectivity index (χ0v) is 11.8. The number of rotatable bonds is 2. The van der Waals surface area contributed by atoms with Crippen molar-refractivity contribution in [3.05, 3.63) is 35.1 Å². The molecule has 0 saturated carbocycles. The number of amides is 1. The van der Waals surface area contributed by atoms with E-state index in [0.717, 1.165) is 31.5 Å². The van der Waals surface area contributed by atoms with Gasteiger partial charge < -0.3 is 5.32 Å². The number of piperidine rings is 2. The lowest BCUT2D eigenvalue weighted by Gasteiger charge is -2.41. The third-order valence-electron chi connectivity index (χ3n) is 4.49. The van der Waals surface area contributed by atoms with E-state index in [4.69, 9.17) is 5.26 Å². The van der Waals surface area contributed by atoms with Crippen molar-refractivity contribution in [2.75, 3.05) is 13.1 Å². The highest BCUT2D eigenvalue weighted by Gasteiger charge is 2.33. The molecular weight excluding hydrogens is 269 g/mol. The minimum atomic E-state index is -0.302. The molecule has 21 heavy (non-hydrogen) atoms. The van der Waals surface area contributed by atoms with Crippen LogP contribution in [0.1, 0.15) is 30.4 Å². The van der Waals surface area contributed by atoms with Crippen LogP contribution in [-0.2, 0) is 11.3 Å². The van der Waals surface area contributed by atoms with E-state index >= 15 is 0 Å². The molecule has 0 aromatic heterocycles. The van der Waals surface area contributed by atoms with E-state index in [1.54, 1.807) is 0 Å². The Balaban J connectivity index is 1.68. The van der Waals surface area contributed by atoms with Gasteiger partial charge in [-0.3, -0.25) is 9.69 Å². The van der Waals surface area contributed by atoms with Gasteiger partial charge in [0.05, 0.1) is 11.6 Å². The molecule has 2 saturated heterocycles. The van der Waals surface area contributed by atoms with Crippen LogP contribution in [0.5, 0.6) is 0 Å². The highest BCUT2D eigenvalue weighted by atomic mass is 19.1. The summed E-state index contributed by atoms with van der Waals surface area (Å²) >= 11 is 0. The van der Waals surface area contributed by atoms with Gasteiger partial charge in [-0.2, -0.15) is 5.26 Å². The molecule has 1 amide bonds. The first-order chi connectivity index (χ1) is 10.2. The Morgan fingerprint density at radius 3 is 3.10 bits per heavy atom. The molecule has 2 heterocycles. The van der Waals surface area contributed by atoms with Crippen molar-refractivity contribution in [3.8, 4) is 6.07 Å². The van der Waals surface area contributed by atoms with Crippen molar-refractivity contribution < 1.29 is 9.18 Å². The fourth-order valence-corrected chi connectivity index (χ4v) is 3.37. The van der Waals surface area contributed by atoms with Crippen LogP contribution in [0.3, 0.4) is 0 Å². The molecule has 0 aliphatic carbocycles. The highest BCUT2D eigenvalue weighted by Crippen LogP contribution is 2.26. The molecule has 0 spiro atoms. The molecule has 0 bridgehead atoms. The van der Waals surface area contributed by atoms with Crippen LogP contribution < -0.4 is 5.32 Å². The maximum atomic E-state index is 13.4. The Morgan fingerprint density at radius 2 is 2.29 bits per heavy atom. The van der Waals surface area contributed by atoms with Crippen molar-refractivity contribution in [2.45, 2.75) is 31.8 Å². The second-order valence-electron chi connectivity index (χ2n) is 5.91. The van der Waals surface area contributed by atoms with E-state index < -0.39 is 0 Å². The SMILES string of the molecule is N#Cc1ccc(F)cc1CN1CCC2NC(=O)CCC2C1. The second kappa shape index (κ2) is 5.82. The van der Waals surface area contributed by atoms with Gasteiger partial charge in [0.15, 0.2) is 0 Å². The van der Waals surface area contributed by atoms with Crippen LogP contribution in [-0.4, -0.2) is 29.9 Å². The lowest BCUT2D eigenvalue weighted by Crippen LogP contribution is -2.53. The van der Waals surface area contributed by atoms with Gasteiger partial charge in [0.1, 0.15) is 5.82 Å². The topological polar surface area (TPSA) is 56.1 Å². The fraction of sp³-hybridized carbons (Fsp3) is 0.500. The second-order valence-corrected chi connectivity index (χ2v) is 5.91. The van der Waals surface area contributed by atoms with E-state index in [1.165, 1.54) is 18.2 Å². The summed E-state index contributed by atoms with van der Waals surface area (Å²) < 4.78 is 13.4. The summed E-state index contributed by atoms with van der Waals surface area (Å²) in [5, 5.41) is 12.2. The summed E-state index contributed by atoms with van der Waals surface area (Å²) in [6.45, 7) is 2.35. The number of likely N-dealkylation sites (tertiary alicyclic amines) is 1. The molecular formula is C16H18FN3O. The number of nitrogens with one attached hydrogen (secondary N) is 1. The predicted molar refractivity (Wildman–Crippen MR) is 75.7 cm³/mol. The molecule has 1 N–H and O–H groups in total.